The molecule has 1 unspecified atom stereocenters. The molecule has 0 radical (unpaired) electrons. The number of hydrogen-bond acceptors (Lipinski definition) is 5. The lowest BCUT2D eigenvalue weighted by Crippen LogP contribution is -2.48. The average Bonchev–Trinajstić information content (AvgIpc) is 3.27. The Morgan fingerprint density at radius 1 is 1.06 bits per heavy atom. The van der Waals surface area contributed by atoms with Crippen LogP contribution in [0.3, 0.4) is 0 Å². The number of anilines is 1. The Labute approximate surface area is 195 Å². The molecule has 174 valence electrons. The topological polar surface area (TPSA) is 79.2 Å². The Kier molecular flexibility index (Phi) is 6.41. The van der Waals surface area contributed by atoms with Crippen LogP contribution in [0, 0.1) is 5.92 Å². The zero-order chi connectivity index (χ0) is 22.6. The quantitative estimate of drug-likeness (QED) is 0.646. The number of para-hydroxylation sites is 2. The highest BCUT2D eigenvalue weighted by atomic mass is 16.2. The van der Waals surface area contributed by atoms with E-state index in [4.69, 9.17) is 4.98 Å². The van der Waals surface area contributed by atoms with Gasteiger partial charge in [0.15, 0.2) is 0 Å². The van der Waals surface area contributed by atoms with Crippen molar-refractivity contribution >= 4 is 23.0 Å². The van der Waals surface area contributed by atoms with E-state index < -0.39 is 0 Å². The third-order valence-electron chi connectivity index (χ3n) is 7.00. The summed E-state index contributed by atoms with van der Waals surface area (Å²) in [5, 5.41) is 3.20. The number of benzene rings is 1. The lowest BCUT2D eigenvalue weighted by molar-refractivity contribution is 0.170. The van der Waals surface area contributed by atoms with Crippen LogP contribution in [-0.2, 0) is 6.42 Å². The summed E-state index contributed by atoms with van der Waals surface area (Å²) in [7, 11) is 0. The number of fused-ring (bicyclic) bond motifs is 1. The first-order chi connectivity index (χ1) is 16.2. The van der Waals surface area contributed by atoms with E-state index in [0.717, 1.165) is 75.6 Å². The van der Waals surface area contributed by atoms with E-state index in [-0.39, 0.29) is 6.03 Å². The van der Waals surface area contributed by atoms with Crippen LogP contribution in [0.4, 0.5) is 10.7 Å². The van der Waals surface area contributed by atoms with Gasteiger partial charge in [0.1, 0.15) is 5.82 Å². The van der Waals surface area contributed by atoms with Crippen molar-refractivity contribution in [3.8, 4) is 0 Å². The number of rotatable bonds is 5. The molecule has 2 aromatic heterocycles. The van der Waals surface area contributed by atoms with E-state index in [0.29, 0.717) is 18.5 Å². The van der Waals surface area contributed by atoms with Crippen molar-refractivity contribution in [3.63, 3.8) is 0 Å². The van der Waals surface area contributed by atoms with Crippen LogP contribution in [0.2, 0.25) is 0 Å². The number of urea groups is 1. The van der Waals surface area contributed by atoms with Crippen molar-refractivity contribution in [2.45, 2.75) is 45.1 Å². The molecular weight excluding hydrogens is 414 g/mol. The summed E-state index contributed by atoms with van der Waals surface area (Å²) in [6, 6.07) is 10.7. The first kappa shape index (κ1) is 21.7. The monoisotopic (exact) mass is 447 g/mol. The highest BCUT2D eigenvalue weighted by Crippen LogP contribution is 2.29. The number of piperidine rings is 2. The summed E-state index contributed by atoms with van der Waals surface area (Å²) < 4.78 is 2.41. The number of likely N-dealkylation sites (tertiary alicyclic amines) is 1. The number of aryl methyl sites for hydroxylation is 1. The van der Waals surface area contributed by atoms with Gasteiger partial charge in [-0.3, -0.25) is 0 Å². The fourth-order valence-electron chi connectivity index (χ4n) is 5.29. The second-order valence-corrected chi connectivity index (χ2v) is 9.15. The molecule has 0 saturated carbocycles. The molecule has 4 heterocycles. The van der Waals surface area contributed by atoms with Gasteiger partial charge in [0.05, 0.1) is 11.0 Å². The van der Waals surface area contributed by atoms with Crippen molar-refractivity contribution in [2.75, 3.05) is 37.6 Å². The fourth-order valence-corrected chi connectivity index (χ4v) is 5.29. The molecule has 5 rings (SSSR count). The van der Waals surface area contributed by atoms with Gasteiger partial charge in [-0.15, -0.1) is 0 Å². The van der Waals surface area contributed by atoms with Gasteiger partial charge in [0.25, 0.3) is 0 Å². The summed E-state index contributed by atoms with van der Waals surface area (Å²) in [5.41, 5.74) is 2.28. The minimum atomic E-state index is 0.0627. The molecule has 2 saturated heterocycles. The molecule has 1 aromatic carbocycles. The minimum Gasteiger partial charge on any atom is -0.340 e. The number of aromatic nitrogens is 4. The van der Waals surface area contributed by atoms with Gasteiger partial charge in [-0.05, 0) is 49.8 Å². The fraction of sp³-hybridized carbons (Fsp3) is 0.520. The van der Waals surface area contributed by atoms with Crippen LogP contribution in [-0.4, -0.2) is 63.2 Å². The third-order valence-corrected chi connectivity index (χ3v) is 7.00. The summed E-state index contributed by atoms with van der Waals surface area (Å²) >= 11 is 0. The van der Waals surface area contributed by atoms with Gasteiger partial charge in [-0.1, -0.05) is 19.1 Å². The van der Waals surface area contributed by atoms with Gasteiger partial charge in [0, 0.05) is 57.6 Å². The smallest absolute Gasteiger partial charge is 0.317 e. The number of hydrogen-bond donors (Lipinski definition) is 1. The second-order valence-electron chi connectivity index (χ2n) is 9.15. The maximum Gasteiger partial charge on any atom is 0.317 e. The molecule has 2 fully saturated rings. The number of imidazole rings is 1. The predicted molar refractivity (Wildman–Crippen MR) is 129 cm³/mol. The molecule has 8 heteroatoms. The van der Waals surface area contributed by atoms with Crippen LogP contribution in [0.25, 0.3) is 11.0 Å². The highest BCUT2D eigenvalue weighted by Gasteiger charge is 2.27. The van der Waals surface area contributed by atoms with E-state index >= 15 is 0 Å². The predicted octanol–water partition coefficient (Wildman–Crippen LogP) is 3.65. The summed E-state index contributed by atoms with van der Waals surface area (Å²) in [5.74, 6) is 2.35. The lowest BCUT2D eigenvalue weighted by atomic mass is 9.98. The van der Waals surface area contributed by atoms with Gasteiger partial charge in [0.2, 0.25) is 5.95 Å². The van der Waals surface area contributed by atoms with Crippen molar-refractivity contribution in [1.29, 1.82) is 0 Å². The molecule has 0 aliphatic carbocycles. The molecular formula is C25H33N7O. The number of nitrogens with zero attached hydrogens (tertiary/aromatic N) is 6. The summed E-state index contributed by atoms with van der Waals surface area (Å²) in [4.78, 5) is 30.7. The zero-order valence-corrected chi connectivity index (χ0v) is 19.4. The average molecular weight is 448 g/mol. The SMILES string of the molecule is CCc1nc2ccccc2n1C1CCN(C(=O)NCC2CCCN(c3ncccn3)C2)CC1. The van der Waals surface area contributed by atoms with Crippen molar-refractivity contribution in [2.24, 2.45) is 5.92 Å². The third kappa shape index (κ3) is 4.65. The van der Waals surface area contributed by atoms with E-state index in [1.807, 2.05) is 17.0 Å². The number of amides is 2. The van der Waals surface area contributed by atoms with Gasteiger partial charge in [-0.2, -0.15) is 0 Å². The molecule has 8 nitrogen and oxygen atoms in total. The molecule has 2 amide bonds. The Balaban J connectivity index is 1.14. The molecule has 33 heavy (non-hydrogen) atoms. The number of carbonyl (C=O) groups excluding carboxylic acids is 1. The Morgan fingerprint density at radius 2 is 1.85 bits per heavy atom. The maximum atomic E-state index is 12.9. The van der Waals surface area contributed by atoms with Crippen molar-refractivity contribution in [1.82, 2.24) is 29.7 Å². The first-order valence-corrected chi connectivity index (χ1v) is 12.2. The van der Waals surface area contributed by atoms with Crippen LogP contribution in [0.5, 0.6) is 0 Å². The number of carbonyl (C=O) groups is 1. The van der Waals surface area contributed by atoms with Crippen molar-refractivity contribution in [3.05, 3.63) is 48.5 Å². The first-order valence-electron chi connectivity index (χ1n) is 12.2. The normalized spacial score (nSPS) is 19.7. The minimum absolute atomic E-state index is 0.0627. The largest absolute Gasteiger partial charge is 0.340 e. The Bertz CT molecular complexity index is 1070. The summed E-state index contributed by atoms with van der Waals surface area (Å²) in [6.07, 6.45) is 8.64. The van der Waals surface area contributed by atoms with Crippen LogP contribution in [0.15, 0.2) is 42.7 Å². The lowest BCUT2D eigenvalue weighted by Gasteiger charge is -2.35. The standard InChI is InChI=1S/C25H33N7O/c1-2-23-29-21-8-3-4-9-22(21)32(23)20-10-15-30(16-11-20)25(33)28-17-19-7-5-14-31(18-19)24-26-12-6-13-27-24/h3-4,6,8-9,12-13,19-20H,2,5,7,10-11,14-18H2,1H3,(H,28,33). The maximum absolute atomic E-state index is 12.9. The molecule has 0 bridgehead atoms. The van der Waals surface area contributed by atoms with Gasteiger partial charge in [-0.25, -0.2) is 19.7 Å². The summed E-state index contributed by atoms with van der Waals surface area (Å²) in [6.45, 7) is 6.29. The van der Waals surface area contributed by atoms with Crippen LogP contribution >= 0.6 is 0 Å². The molecule has 1 N–H and O–H groups in total. The van der Waals surface area contributed by atoms with Crippen molar-refractivity contribution < 1.29 is 4.79 Å². The molecule has 3 aromatic rings. The van der Waals surface area contributed by atoms with Crippen LogP contribution in [0.1, 0.15) is 44.5 Å². The number of nitrogens with one attached hydrogen (secondary N) is 1. The van der Waals surface area contributed by atoms with E-state index in [9.17, 15) is 4.79 Å². The Morgan fingerprint density at radius 3 is 2.64 bits per heavy atom. The second kappa shape index (κ2) is 9.77. The molecule has 2 aliphatic heterocycles. The molecule has 2 aliphatic rings. The van der Waals surface area contributed by atoms with E-state index in [2.05, 4.69) is 49.9 Å². The van der Waals surface area contributed by atoms with E-state index in [1.54, 1.807) is 12.4 Å². The molecule has 0 spiro atoms. The highest BCUT2D eigenvalue weighted by molar-refractivity contribution is 5.76. The van der Waals surface area contributed by atoms with E-state index in [1.165, 1.54) is 5.52 Å². The molecule has 1 atom stereocenters. The van der Waals surface area contributed by atoms with Crippen LogP contribution < -0.4 is 10.2 Å². The van der Waals surface area contributed by atoms with Gasteiger partial charge >= 0.3 is 6.03 Å². The van der Waals surface area contributed by atoms with Gasteiger partial charge < -0.3 is 19.7 Å². The zero-order valence-electron chi connectivity index (χ0n) is 19.4. The Hall–Kier alpha value is -3.16.